The lowest BCUT2D eigenvalue weighted by molar-refractivity contribution is -0.151. The van der Waals surface area contributed by atoms with E-state index in [0.29, 0.717) is 13.0 Å². The Labute approximate surface area is 137 Å². The van der Waals surface area contributed by atoms with Gasteiger partial charge < -0.3 is 9.47 Å². The van der Waals surface area contributed by atoms with Crippen molar-refractivity contribution in [2.45, 2.75) is 13.0 Å². The number of nitrogens with zero attached hydrogens (tertiary/aromatic N) is 1. The zero-order valence-electron chi connectivity index (χ0n) is 12.4. The molecule has 2 heterocycles. The smallest absolute Gasteiger partial charge is 0.313 e. The van der Waals surface area contributed by atoms with Crippen molar-refractivity contribution in [3.05, 3.63) is 59.1 Å². The summed E-state index contributed by atoms with van der Waals surface area (Å²) in [6.45, 7) is 0.589. The van der Waals surface area contributed by atoms with Crippen molar-refractivity contribution in [2.24, 2.45) is 5.92 Å². The lowest BCUT2D eigenvalue weighted by Crippen LogP contribution is -2.29. The molecule has 0 bridgehead atoms. The molecular weight excluding hydrogens is 310 g/mol. The van der Waals surface area contributed by atoms with Crippen LogP contribution in [0.4, 0.5) is 0 Å². The number of thiazole rings is 1. The molecule has 0 unspecified atom stereocenters. The van der Waals surface area contributed by atoms with Crippen molar-refractivity contribution in [3.63, 3.8) is 0 Å². The summed E-state index contributed by atoms with van der Waals surface area (Å²) < 4.78 is 12.2. The lowest BCUT2D eigenvalue weighted by atomic mass is 9.97. The van der Waals surface area contributed by atoms with Gasteiger partial charge in [0, 0.05) is 0 Å². The van der Waals surface area contributed by atoms with Crippen molar-refractivity contribution in [1.29, 1.82) is 0 Å². The van der Waals surface area contributed by atoms with E-state index >= 15 is 0 Å². The molecule has 0 radical (unpaired) electrons. The number of rotatable bonds is 3. The number of para-hydroxylation sites is 2. The zero-order valence-corrected chi connectivity index (χ0v) is 13.2. The van der Waals surface area contributed by atoms with E-state index in [0.717, 1.165) is 26.5 Å². The van der Waals surface area contributed by atoms with E-state index in [1.54, 1.807) is 11.3 Å². The Bertz CT molecular complexity index is 825. The molecule has 5 heteroatoms. The third kappa shape index (κ3) is 2.92. The monoisotopic (exact) mass is 325 g/mol. The van der Waals surface area contributed by atoms with E-state index in [1.165, 1.54) is 0 Å². The van der Waals surface area contributed by atoms with Crippen LogP contribution < -0.4 is 4.74 Å². The van der Waals surface area contributed by atoms with Gasteiger partial charge in [0.05, 0.1) is 16.1 Å². The maximum atomic E-state index is 12.3. The summed E-state index contributed by atoms with van der Waals surface area (Å²) in [6.07, 6.45) is 0.662. The third-order valence-electron chi connectivity index (χ3n) is 3.89. The third-order valence-corrected chi connectivity index (χ3v) is 4.90. The molecule has 2 aromatic carbocycles. The summed E-state index contributed by atoms with van der Waals surface area (Å²) in [5.74, 6) is 0.390. The average molecular weight is 325 g/mol. The van der Waals surface area contributed by atoms with Gasteiger partial charge in [-0.1, -0.05) is 30.3 Å². The van der Waals surface area contributed by atoms with E-state index in [1.807, 2.05) is 48.5 Å². The van der Waals surface area contributed by atoms with Gasteiger partial charge in [-0.05, 0) is 30.2 Å². The summed E-state index contributed by atoms with van der Waals surface area (Å²) >= 11 is 1.55. The number of aromatic nitrogens is 1. The minimum Gasteiger partial charge on any atom is -0.492 e. The first-order chi connectivity index (χ1) is 11.3. The van der Waals surface area contributed by atoms with Crippen molar-refractivity contribution in [3.8, 4) is 5.75 Å². The summed E-state index contributed by atoms with van der Waals surface area (Å²) in [7, 11) is 0. The van der Waals surface area contributed by atoms with Crippen LogP contribution in [0.3, 0.4) is 0 Å². The first-order valence-electron chi connectivity index (χ1n) is 7.51. The Kier molecular flexibility index (Phi) is 3.71. The Morgan fingerprint density at radius 3 is 2.96 bits per heavy atom. The van der Waals surface area contributed by atoms with Crippen molar-refractivity contribution >= 4 is 27.5 Å². The molecule has 0 amide bonds. The number of carbonyl (C=O) groups excluding carboxylic acids is 1. The SMILES string of the molecule is O=C(OCc1nc2ccccc2s1)[C@H]1COc2ccccc2C1. The largest absolute Gasteiger partial charge is 0.492 e. The van der Waals surface area contributed by atoms with E-state index in [2.05, 4.69) is 4.98 Å². The molecule has 0 aliphatic carbocycles. The molecule has 0 N–H and O–H groups in total. The molecule has 1 aromatic heterocycles. The zero-order chi connectivity index (χ0) is 15.6. The van der Waals surface area contributed by atoms with Crippen LogP contribution >= 0.6 is 11.3 Å². The predicted molar refractivity (Wildman–Crippen MR) is 88.5 cm³/mol. The van der Waals surface area contributed by atoms with Gasteiger partial charge in [0.1, 0.15) is 24.0 Å². The summed E-state index contributed by atoms with van der Waals surface area (Å²) in [6, 6.07) is 15.7. The number of benzene rings is 2. The summed E-state index contributed by atoms with van der Waals surface area (Å²) in [5, 5.41) is 0.816. The molecule has 1 aliphatic heterocycles. The maximum absolute atomic E-state index is 12.3. The Morgan fingerprint density at radius 2 is 2.04 bits per heavy atom. The first-order valence-corrected chi connectivity index (χ1v) is 8.33. The molecule has 0 saturated heterocycles. The standard InChI is InChI=1S/C18H15NO3S/c20-18(13-9-12-5-1-3-7-15(12)21-10-13)22-11-17-19-14-6-2-4-8-16(14)23-17/h1-8,13H,9-11H2/t13-/m1/s1. The van der Waals surface area contributed by atoms with Crippen LogP contribution in [-0.4, -0.2) is 17.6 Å². The fourth-order valence-corrected chi connectivity index (χ4v) is 3.59. The van der Waals surface area contributed by atoms with Gasteiger partial charge in [0.15, 0.2) is 0 Å². The van der Waals surface area contributed by atoms with Crippen LogP contribution in [0.2, 0.25) is 0 Å². The summed E-state index contributed by atoms with van der Waals surface area (Å²) in [4.78, 5) is 16.7. The maximum Gasteiger partial charge on any atom is 0.313 e. The fraction of sp³-hybridized carbons (Fsp3) is 0.222. The number of hydrogen-bond donors (Lipinski definition) is 0. The fourth-order valence-electron chi connectivity index (χ4n) is 2.71. The van der Waals surface area contributed by atoms with Gasteiger partial charge in [0.2, 0.25) is 0 Å². The molecule has 0 spiro atoms. The Balaban J connectivity index is 1.40. The molecule has 4 rings (SSSR count). The van der Waals surface area contributed by atoms with Gasteiger partial charge in [-0.2, -0.15) is 0 Å². The minimum absolute atomic E-state index is 0.219. The van der Waals surface area contributed by atoms with Gasteiger partial charge in [-0.15, -0.1) is 11.3 Å². The molecule has 0 fully saturated rings. The van der Waals surface area contributed by atoms with Crippen LogP contribution in [0.15, 0.2) is 48.5 Å². The normalized spacial score (nSPS) is 16.6. The van der Waals surface area contributed by atoms with Crippen LogP contribution in [0.1, 0.15) is 10.6 Å². The highest BCUT2D eigenvalue weighted by molar-refractivity contribution is 7.18. The molecule has 1 aliphatic rings. The minimum atomic E-state index is -0.251. The second kappa shape index (κ2) is 6.01. The van der Waals surface area contributed by atoms with Crippen LogP contribution in [-0.2, 0) is 22.6 Å². The Morgan fingerprint density at radius 1 is 1.22 bits per heavy atom. The highest BCUT2D eigenvalue weighted by atomic mass is 32.1. The van der Waals surface area contributed by atoms with Crippen LogP contribution in [0.25, 0.3) is 10.2 Å². The summed E-state index contributed by atoms with van der Waals surface area (Å²) in [5.41, 5.74) is 2.00. The Hall–Kier alpha value is -2.40. The highest BCUT2D eigenvalue weighted by Gasteiger charge is 2.27. The molecule has 0 saturated carbocycles. The number of ether oxygens (including phenoxy) is 2. The first kappa shape index (κ1) is 14.2. The van der Waals surface area contributed by atoms with E-state index < -0.39 is 0 Å². The van der Waals surface area contributed by atoms with Gasteiger partial charge in [-0.3, -0.25) is 4.79 Å². The topological polar surface area (TPSA) is 48.4 Å². The number of carbonyl (C=O) groups is 1. The molecule has 116 valence electrons. The lowest BCUT2D eigenvalue weighted by Gasteiger charge is -2.23. The van der Waals surface area contributed by atoms with E-state index in [-0.39, 0.29) is 18.5 Å². The predicted octanol–water partition coefficient (Wildman–Crippen LogP) is 3.59. The number of fused-ring (bicyclic) bond motifs is 2. The highest BCUT2D eigenvalue weighted by Crippen LogP contribution is 2.28. The van der Waals surface area contributed by atoms with E-state index in [4.69, 9.17) is 9.47 Å². The van der Waals surface area contributed by atoms with Crippen molar-refractivity contribution in [1.82, 2.24) is 4.98 Å². The second-order valence-electron chi connectivity index (χ2n) is 5.50. The van der Waals surface area contributed by atoms with Crippen molar-refractivity contribution in [2.75, 3.05) is 6.61 Å². The molecule has 3 aromatic rings. The van der Waals surface area contributed by atoms with Crippen molar-refractivity contribution < 1.29 is 14.3 Å². The number of hydrogen-bond acceptors (Lipinski definition) is 5. The quantitative estimate of drug-likeness (QED) is 0.691. The molecular formula is C18H15NO3S. The van der Waals surface area contributed by atoms with Gasteiger partial charge >= 0.3 is 5.97 Å². The molecule has 23 heavy (non-hydrogen) atoms. The molecule has 4 nitrogen and oxygen atoms in total. The number of esters is 1. The van der Waals surface area contributed by atoms with Crippen LogP contribution in [0, 0.1) is 5.92 Å². The van der Waals surface area contributed by atoms with E-state index in [9.17, 15) is 4.79 Å². The second-order valence-corrected chi connectivity index (χ2v) is 6.62. The van der Waals surface area contributed by atoms with Gasteiger partial charge in [-0.25, -0.2) is 4.98 Å². The average Bonchev–Trinajstić information content (AvgIpc) is 3.02. The van der Waals surface area contributed by atoms with Gasteiger partial charge in [0.25, 0.3) is 0 Å². The molecule has 1 atom stereocenters. The van der Waals surface area contributed by atoms with Crippen LogP contribution in [0.5, 0.6) is 5.75 Å².